The van der Waals surface area contributed by atoms with E-state index in [-0.39, 0.29) is 0 Å². The normalized spacial score (nSPS) is 10.6. The standard InChI is InChI=1S/C15H11N7.C12H8IN5/c1-2-7-17-14(6-1)15-18-20-22(19-15)13-5-3-4-12(10-13)21-9-8-16-11-21;13-9-4-3-5-10(8-9)18-16-12(15-17-18)11-6-1-2-7-14-11/h1-11H;1-8H. The molecule has 5 heterocycles. The Hall–Kier alpha value is -5.18. The van der Waals surface area contributed by atoms with Crippen LogP contribution < -0.4 is 0 Å². The lowest BCUT2D eigenvalue weighted by molar-refractivity contribution is 0.719. The fourth-order valence-electron chi connectivity index (χ4n) is 3.63. The molecule has 0 spiro atoms. The molecule has 0 radical (unpaired) electrons. The number of halogens is 1. The summed E-state index contributed by atoms with van der Waals surface area (Å²) in [5, 5.41) is 24.9. The molecule has 194 valence electrons. The van der Waals surface area contributed by atoms with Gasteiger partial charge in [-0.2, -0.15) is 0 Å². The molecule has 7 aromatic rings. The summed E-state index contributed by atoms with van der Waals surface area (Å²) < 4.78 is 3.04. The largest absolute Gasteiger partial charge is 0.306 e. The molecule has 0 saturated carbocycles. The van der Waals surface area contributed by atoms with Gasteiger partial charge in [0.15, 0.2) is 0 Å². The molecule has 5 aromatic heterocycles. The van der Waals surface area contributed by atoms with Gasteiger partial charge >= 0.3 is 0 Å². The first-order valence-corrected chi connectivity index (χ1v) is 13.1. The van der Waals surface area contributed by atoms with Crippen molar-refractivity contribution in [3.8, 4) is 40.1 Å². The van der Waals surface area contributed by atoms with E-state index < -0.39 is 0 Å². The maximum Gasteiger partial charge on any atom is 0.223 e. The van der Waals surface area contributed by atoms with E-state index in [0.717, 1.165) is 26.3 Å². The van der Waals surface area contributed by atoms with Crippen LogP contribution in [-0.2, 0) is 0 Å². The zero-order valence-electron chi connectivity index (χ0n) is 20.7. The van der Waals surface area contributed by atoms with Crippen molar-refractivity contribution in [1.29, 1.82) is 0 Å². The Kier molecular flexibility index (Phi) is 7.34. The molecule has 0 bridgehead atoms. The number of hydrogen-bond acceptors (Lipinski definition) is 9. The van der Waals surface area contributed by atoms with Gasteiger partial charge in [-0.15, -0.1) is 30.0 Å². The molecule has 0 aliphatic carbocycles. The second-order valence-corrected chi connectivity index (χ2v) is 9.45. The molecule has 0 N–H and O–H groups in total. The van der Waals surface area contributed by atoms with Crippen molar-refractivity contribution in [2.75, 3.05) is 0 Å². The van der Waals surface area contributed by atoms with Gasteiger partial charge in [-0.25, -0.2) is 4.98 Å². The van der Waals surface area contributed by atoms with Crippen molar-refractivity contribution in [2.24, 2.45) is 0 Å². The summed E-state index contributed by atoms with van der Waals surface area (Å²) in [4.78, 5) is 15.5. The first-order chi connectivity index (χ1) is 19.7. The second kappa shape index (κ2) is 11.7. The van der Waals surface area contributed by atoms with Gasteiger partial charge in [-0.3, -0.25) is 9.97 Å². The van der Waals surface area contributed by atoms with Gasteiger partial charge in [0.2, 0.25) is 11.6 Å². The molecule has 2 aromatic carbocycles. The summed E-state index contributed by atoms with van der Waals surface area (Å²) in [7, 11) is 0. The molecule has 0 fully saturated rings. The Morgan fingerprint density at radius 1 is 0.575 bits per heavy atom. The van der Waals surface area contributed by atoms with Gasteiger partial charge in [0, 0.05) is 34.0 Å². The number of benzene rings is 2. The molecule has 0 aliphatic heterocycles. The molecule has 12 nitrogen and oxygen atoms in total. The molecule has 13 heteroatoms. The third kappa shape index (κ3) is 5.78. The number of nitrogens with zero attached hydrogens (tertiary/aromatic N) is 12. The predicted molar refractivity (Wildman–Crippen MR) is 155 cm³/mol. The predicted octanol–water partition coefficient (Wildman–Crippen LogP) is 4.24. The summed E-state index contributed by atoms with van der Waals surface area (Å²) >= 11 is 2.25. The van der Waals surface area contributed by atoms with Crippen LogP contribution in [0.2, 0.25) is 0 Å². The van der Waals surface area contributed by atoms with Crippen LogP contribution in [0, 0.1) is 3.57 Å². The third-order valence-electron chi connectivity index (χ3n) is 5.52. The highest BCUT2D eigenvalue weighted by Crippen LogP contribution is 2.15. The molecular weight excluding hydrogens is 619 g/mol. The topological polar surface area (TPSA) is 131 Å². The van der Waals surface area contributed by atoms with Crippen molar-refractivity contribution in [3.63, 3.8) is 0 Å². The number of hydrogen-bond donors (Lipinski definition) is 0. The minimum Gasteiger partial charge on any atom is -0.306 e. The molecule has 0 aliphatic rings. The van der Waals surface area contributed by atoms with Crippen LogP contribution >= 0.6 is 22.6 Å². The lowest BCUT2D eigenvalue weighted by Gasteiger charge is -2.04. The molecule has 0 amide bonds. The van der Waals surface area contributed by atoms with E-state index in [0.29, 0.717) is 17.3 Å². The van der Waals surface area contributed by atoms with Gasteiger partial charge in [0.25, 0.3) is 0 Å². The maximum absolute atomic E-state index is 4.38. The van der Waals surface area contributed by atoms with Crippen molar-refractivity contribution < 1.29 is 0 Å². The highest BCUT2D eigenvalue weighted by molar-refractivity contribution is 14.1. The van der Waals surface area contributed by atoms with Gasteiger partial charge in [0.05, 0.1) is 17.7 Å². The Bertz CT molecular complexity index is 1820. The summed E-state index contributed by atoms with van der Waals surface area (Å²) in [6.07, 6.45) is 8.77. The van der Waals surface area contributed by atoms with E-state index in [9.17, 15) is 0 Å². The Labute approximate surface area is 241 Å². The number of imidazole rings is 1. The molecule has 0 saturated heterocycles. The fraction of sp³-hybridized carbons (Fsp3) is 0. The molecule has 0 unspecified atom stereocenters. The van der Waals surface area contributed by atoms with Crippen molar-refractivity contribution in [3.05, 3.63) is 120 Å². The van der Waals surface area contributed by atoms with Crippen molar-refractivity contribution in [2.45, 2.75) is 0 Å². The van der Waals surface area contributed by atoms with Crippen LogP contribution in [0.15, 0.2) is 116 Å². The summed E-state index contributed by atoms with van der Waals surface area (Å²) in [6, 6.07) is 26.9. The average molecular weight is 638 g/mol. The van der Waals surface area contributed by atoms with Gasteiger partial charge < -0.3 is 4.57 Å². The number of tetrazole rings is 2. The average Bonchev–Trinajstić information content (AvgIpc) is 3.81. The van der Waals surface area contributed by atoms with Crippen molar-refractivity contribution >= 4 is 22.6 Å². The molecular formula is C27H19IN12. The van der Waals surface area contributed by atoms with Gasteiger partial charge in [-0.05, 0) is 93.7 Å². The van der Waals surface area contributed by atoms with Crippen LogP contribution in [0.25, 0.3) is 40.1 Å². The van der Waals surface area contributed by atoms with E-state index in [4.69, 9.17) is 0 Å². The van der Waals surface area contributed by atoms with Crippen LogP contribution in [0.3, 0.4) is 0 Å². The van der Waals surface area contributed by atoms with E-state index >= 15 is 0 Å². The van der Waals surface area contributed by atoms with Crippen molar-refractivity contribution in [1.82, 2.24) is 59.9 Å². The minimum absolute atomic E-state index is 0.494. The van der Waals surface area contributed by atoms with Crippen LogP contribution in [0.4, 0.5) is 0 Å². The summed E-state index contributed by atoms with van der Waals surface area (Å²) in [5.74, 6) is 1.02. The first-order valence-electron chi connectivity index (χ1n) is 12.0. The molecule has 40 heavy (non-hydrogen) atoms. The Morgan fingerprint density at radius 2 is 1.18 bits per heavy atom. The summed E-state index contributed by atoms with van der Waals surface area (Å²) in [6.45, 7) is 0. The molecule has 7 rings (SSSR count). The third-order valence-corrected chi connectivity index (χ3v) is 6.19. The summed E-state index contributed by atoms with van der Waals surface area (Å²) in [5.41, 5.74) is 4.10. The van der Waals surface area contributed by atoms with Gasteiger partial charge in [-0.1, -0.05) is 24.3 Å². The SMILES string of the molecule is Ic1cccc(-n2nnc(-c3ccccn3)n2)c1.c1ccc(-c2nnn(-c3cccc(-n4ccnc4)c3)n2)nc1. The Morgan fingerprint density at radius 3 is 1.73 bits per heavy atom. The number of rotatable bonds is 5. The highest BCUT2D eigenvalue weighted by atomic mass is 127. The smallest absolute Gasteiger partial charge is 0.223 e. The zero-order valence-corrected chi connectivity index (χ0v) is 22.9. The zero-order chi connectivity index (χ0) is 27.1. The Balaban J connectivity index is 0.000000148. The van der Waals surface area contributed by atoms with E-state index in [2.05, 4.69) is 68.4 Å². The van der Waals surface area contributed by atoms with E-state index in [1.54, 1.807) is 24.9 Å². The second-order valence-electron chi connectivity index (χ2n) is 8.20. The van der Waals surface area contributed by atoms with Crippen LogP contribution in [-0.4, -0.2) is 59.9 Å². The van der Waals surface area contributed by atoms with Gasteiger partial charge in [0.1, 0.15) is 11.4 Å². The lowest BCUT2D eigenvalue weighted by atomic mass is 10.3. The molecule has 0 atom stereocenters. The quantitative estimate of drug-likeness (QED) is 0.254. The fourth-order valence-corrected chi connectivity index (χ4v) is 4.16. The number of pyridine rings is 2. The van der Waals surface area contributed by atoms with Crippen LogP contribution in [0.1, 0.15) is 0 Å². The monoisotopic (exact) mass is 638 g/mol. The van der Waals surface area contributed by atoms with E-state index in [1.165, 1.54) is 9.59 Å². The number of aromatic nitrogens is 12. The maximum atomic E-state index is 4.38. The van der Waals surface area contributed by atoms with E-state index in [1.807, 2.05) is 95.7 Å². The van der Waals surface area contributed by atoms with Crippen LogP contribution in [0.5, 0.6) is 0 Å². The highest BCUT2D eigenvalue weighted by Gasteiger charge is 2.09. The lowest BCUT2D eigenvalue weighted by Crippen LogP contribution is -2.00. The minimum atomic E-state index is 0.494. The first kappa shape index (κ1) is 25.1.